The Morgan fingerprint density at radius 3 is 2.64 bits per heavy atom. The van der Waals surface area contributed by atoms with Crippen molar-refractivity contribution in [1.82, 2.24) is 14.9 Å². The molecule has 2 heterocycles. The van der Waals surface area contributed by atoms with Gasteiger partial charge in [-0.1, -0.05) is 36.4 Å². The van der Waals surface area contributed by atoms with Crippen LogP contribution in [-0.2, 0) is 23.9 Å². The largest absolute Gasteiger partial charge is 0.505 e. The van der Waals surface area contributed by atoms with E-state index in [0.29, 0.717) is 11.1 Å². The SMILES string of the molecule is CS(=O)c1cc(F)ccc1CNC(=O)c1c(O)c2ncccc2n(Cc2ccccc2)c1=O. The molecule has 0 aliphatic carbocycles. The zero-order valence-electron chi connectivity index (χ0n) is 17.6. The van der Waals surface area contributed by atoms with Gasteiger partial charge < -0.3 is 15.0 Å². The lowest BCUT2D eigenvalue weighted by atomic mass is 10.1. The van der Waals surface area contributed by atoms with Crippen molar-refractivity contribution in [3.8, 4) is 5.75 Å². The van der Waals surface area contributed by atoms with Crippen molar-refractivity contribution < 1.29 is 18.5 Å². The average molecular weight is 466 g/mol. The van der Waals surface area contributed by atoms with E-state index >= 15 is 0 Å². The molecule has 0 fully saturated rings. The highest BCUT2D eigenvalue weighted by atomic mass is 32.2. The molecule has 168 valence electrons. The number of rotatable bonds is 6. The number of hydrogen-bond donors (Lipinski definition) is 2. The summed E-state index contributed by atoms with van der Waals surface area (Å²) in [5, 5.41) is 13.3. The lowest BCUT2D eigenvalue weighted by Gasteiger charge is -2.15. The number of hydrogen-bond acceptors (Lipinski definition) is 5. The van der Waals surface area contributed by atoms with Crippen LogP contribution in [0.3, 0.4) is 0 Å². The van der Waals surface area contributed by atoms with E-state index in [9.17, 15) is 23.3 Å². The van der Waals surface area contributed by atoms with Gasteiger partial charge in [-0.2, -0.15) is 0 Å². The van der Waals surface area contributed by atoms with E-state index in [1.807, 2.05) is 30.3 Å². The van der Waals surface area contributed by atoms with Crippen LogP contribution in [0.25, 0.3) is 11.0 Å². The molecule has 1 amide bonds. The molecular formula is C24H20FN3O4S. The fourth-order valence-corrected chi connectivity index (χ4v) is 4.38. The maximum atomic E-state index is 13.5. The normalized spacial score (nSPS) is 11.9. The molecule has 33 heavy (non-hydrogen) atoms. The van der Waals surface area contributed by atoms with E-state index in [-0.39, 0.29) is 23.5 Å². The van der Waals surface area contributed by atoms with E-state index in [1.165, 1.54) is 29.2 Å². The summed E-state index contributed by atoms with van der Waals surface area (Å²) in [7, 11) is -1.48. The smallest absolute Gasteiger partial charge is 0.268 e. The Kier molecular flexibility index (Phi) is 6.32. The highest BCUT2D eigenvalue weighted by Gasteiger charge is 2.23. The van der Waals surface area contributed by atoms with Gasteiger partial charge in [-0.05, 0) is 35.4 Å². The van der Waals surface area contributed by atoms with Crippen molar-refractivity contribution >= 4 is 27.7 Å². The Bertz CT molecular complexity index is 1440. The number of carbonyl (C=O) groups is 1. The Labute approximate surface area is 191 Å². The Morgan fingerprint density at radius 1 is 1.15 bits per heavy atom. The summed E-state index contributed by atoms with van der Waals surface area (Å²) >= 11 is 0. The second-order valence-corrected chi connectivity index (χ2v) is 8.71. The summed E-state index contributed by atoms with van der Waals surface area (Å²) in [6.07, 6.45) is 2.87. The molecule has 2 N–H and O–H groups in total. The summed E-state index contributed by atoms with van der Waals surface area (Å²) < 4.78 is 26.9. The highest BCUT2D eigenvalue weighted by molar-refractivity contribution is 7.84. The number of nitrogens with one attached hydrogen (secondary N) is 1. The fourth-order valence-electron chi connectivity index (χ4n) is 3.59. The molecule has 0 radical (unpaired) electrons. The van der Waals surface area contributed by atoms with Gasteiger partial charge in [0.15, 0.2) is 5.75 Å². The molecule has 0 saturated carbocycles. The molecule has 0 aliphatic heterocycles. The number of fused-ring (bicyclic) bond motifs is 1. The molecule has 1 unspecified atom stereocenters. The lowest BCUT2D eigenvalue weighted by Crippen LogP contribution is -2.33. The van der Waals surface area contributed by atoms with Gasteiger partial charge in [-0.25, -0.2) is 4.39 Å². The summed E-state index contributed by atoms with van der Waals surface area (Å²) in [4.78, 5) is 30.7. The summed E-state index contributed by atoms with van der Waals surface area (Å²) in [5.41, 5.74) is 0.667. The molecule has 0 spiro atoms. The first-order chi connectivity index (χ1) is 15.9. The molecule has 1 atom stereocenters. The van der Waals surface area contributed by atoms with Gasteiger partial charge in [0, 0.05) is 23.9 Å². The summed E-state index contributed by atoms with van der Waals surface area (Å²) in [6, 6.07) is 16.3. The number of aromatic nitrogens is 2. The predicted octanol–water partition coefficient (Wildman–Crippen LogP) is 2.96. The number of halogens is 1. The van der Waals surface area contributed by atoms with Crippen molar-refractivity contribution in [1.29, 1.82) is 0 Å². The minimum atomic E-state index is -1.48. The standard InChI is InChI=1S/C24H20FN3O4S/c1-33(32)19-12-17(25)10-9-16(19)13-27-23(30)20-22(29)21-18(8-5-11-26-21)28(24(20)31)14-15-6-3-2-4-7-15/h2-12,29H,13-14H2,1H3,(H,27,30). The third kappa shape index (κ3) is 4.54. The first-order valence-corrected chi connectivity index (χ1v) is 11.6. The van der Waals surface area contributed by atoms with Gasteiger partial charge in [0.2, 0.25) is 0 Å². The number of nitrogens with zero attached hydrogens (tertiary/aromatic N) is 2. The monoisotopic (exact) mass is 465 g/mol. The molecular weight excluding hydrogens is 445 g/mol. The van der Waals surface area contributed by atoms with Gasteiger partial charge in [-0.3, -0.25) is 18.8 Å². The van der Waals surface area contributed by atoms with Crippen molar-refractivity contribution in [3.63, 3.8) is 0 Å². The predicted molar refractivity (Wildman–Crippen MR) is 123 cm³/mol. The second kappa shape index (κ2) is 9.33. The van der Waals surface area contributed by atoms with Gasteiger partial charge >= 0.3 is 0 Å². The van der Waals surface area contributed by atoms with Crippen LogP contribution >= 0.6 is 0 Å². The van der Waals surface area contributed by atoms with Crippen LogP contribution in [0.5, 0.6) is 5.75 Å². The second-order valence-electron chi connectivity index (χ2n) is 7.36. The van der Waals surface area contributed by atoms with Crippen LogP contribution < -0.4 is 10.9 Å². The quantitative estimate of drug-likeness (QED) is 0.456. The Hall–Kier alpha value is -3.85. The Morgan fingerprint density at radius 2 is 1.91 bits per heavy atom. The third-order valence-corrected chi connectivity index (χ3v) is 6.19. The highest BCUT2D eigenvalue weighted by Crippen LogP contribution is 2.25. The number of carbonyl (C=O) groups excluding carboxylic acids is 1. The van der Waals surface area contributed by atoms with Crippen molar-refractivity contribution in [3.05, 3.63) is 99.7 Å². The first-order valence-electron chi connectivity index (χ1n) is 10.0. The van der Waals surface area contributed by atoms with Crippen LogP contribution in [0, 0.1) is 5.82 Å². The van der Waals surface area contributed by atoms with Gasteiger partial charge in [-0.15, -0.1) is 0 Å². The molecule has 7 nitrogen and oxygen atoms in total. The van der Waals surface area contributed by atoms with Crippen LogP contribution in [0.2, 0.25) is 0 Å². The molecule has 0 aliphatic rings. The minimum Gasteiger partial charge on any atom is -0.505 e. The molecule has 4 rings (SSSR count). The van der Waals surface area contributed by atoms with E-state index in [4.69, 9.17) is 0 Å². The van der Waals surface area contributed by atoms with Gasteiger partial charge in [0.25, 0.3) is 11.5 Å². The number of benzene rings is 2. The Balaban J connectivity index is 1.74. The van der Waals surface area contributed by atoms with Crippen LogP contribution in [-0.4, -0.2) is 31.0 Å². The number of amides is 1. The minimum absolute atomic E-state index is 0.105. The maximum absolute atomic E-state index is 13.5. The lowest BCUT2D eigenvalue weighted by molar-refractivity contribution is 0.0946. The summed E-state index contributed by atoms with van der Waals surface area (Å²) in [5.74, 6) is -1.88. The van der Waals surface area contributed by atoms with Gasteiger partial charge in [0.05, 0.1) is 22.9 Å². The molecule has 0 saturated heterocycles. The average Bonchev–Trinajstić information content (AvgIpc) is 2.81. The number of pyridine rings is 2. The fraction of sp³-hybridized carbons (Fsp3) is 0.125. The maximum Gasteiger partial charge on any atom is 0.268 e. The van der Waals surface area contributed by atoms with Gasteiger partial charge in [0.1, 0.15) is 16.9 Å². The van der Waals surface area contributed by atoms with Crippen molar-refractivity contribution in [2.24, 2.45) is 0 Å². The van der Waals surface area contributed by atoms with Crippen LogP contribution in [0.4, 0.5) is 4.39 Å². The van der Waals surface area contributed by atoms with Crippen LogP contribution in [0.15, 0.2) is 76.6 Å². The van der Waals surface area contributed by atoms with Crippen LogP contribution in [0.1, 0.15) is 21.5 Å². The van der Waals surface area contributed by atoms with Crippen molar-refractivity contribution in [2.75, 3.05) is 6.26 Å². The number of aromatic hydroxyl groups is 1. The zero-order valence-corrected chi connectivity index (χ0v) is 18.4. The first kappa shape index (κ1) is 22.3. The molecule has 2 aromatic carbocycles. The van der Waals surface area contributed by atoms with E-state index in [2.05, 4.69) is 10.3 Å². The molecule has 4 aromatic rings. The van der Waals surface area contributed by atoms with E-state index in [1.54, 1.807) is 12.1 Å². The van der Waals surface area contributed by atoms with E-state index in [0.717, 1.165) is 11.6 Å². The molecule has 9 heteroatoms. The van der Waals surface area contributed by atoms with Crippen molar-refractivity contribution in [2.45, 2.75) is 18.0 Å². The third-order valence-electron chi connectivity index (χ3n) is 5.19. The topological polar surface area (TPSA) is 101 Å². The zero-order chi connectivity index (χ0) is 23.5. The van der Waals surface area contributed by atoms with E-state index < -0.39 is 39.4 Å². The molecule has 0 bridgehead atoms. The molecule has 2 aromatic heterocycles. The summed E-state index contributed by atoms with van der Waals surface area (Å²) in [6.45, 7) is 0.0746.